The van der Waals surface area contributed by atoms with Gasteiger partial charge < -0.3 is 15.0 Å². The monoisotopic (exact) mass is 433 g/mol. The molecule has 3 heterocycles. The standard InChI is InChI=1S/C19H20ClN5O3S/c1-28-14-6-5-12(20)9-13(14)22-15(26)10-25-11-21-17-16(18(25)27)29-19(23-17)24-7-3-2-4-8-24/h5-6,9,11H,2-4,7-8,10H2,1H3,(H,22,26). The van der Waals surface area contributed by atoms with E-state index in [4.69, 9.17) is 16.3 Å². The number of thiazole rings is 1. The minimum absolute atomic E-state index is 0.172. The zero-order valence-corrected chi connectivity index (χ0v) is 17.4. The lowest BCUT2D eigenvalue weighted by Crippen LogP contribution is -2.29. The van der Waals surface area contributed by atoms with Gasteiger partial charge in [0.25, 0.3) is 5.56 Å². The van der Waals surface area contributed by atoms with E-state index in [-0.39, 0.29) is 18.0 Å². The molecule has 152 valence electrons. The van der Waals surface area contributed by atoms with Crippen LogP contribution in [0.5, 0.6) is 5.75 Å². The second kappa shape index (κ2) is 8.38. The van der Waals surface area contributed by atoms with Gasteiger partial charge in [-0.1, -0.05) is 22.9 Å². The van der Waals surface area contributed by atoms with Crippen molar-refractivity contribution in [2.45, 2.75) is 25.8 Å². The number of anilines is 2. The Morgan fingerprint density at radius 2 is 2.10 bits per heavy atom. The fourth-order valence-corrected chi connectivity index (χ4v) is 4.48. The van der Waals surface area contributed by atoms with E-state index in [1.54, 1.807) is 18.2 Å². The van der Waals surface area contributed by atoms with Gasteiger partial charge in [0.2, 0.25) is 5.91 Å². The highest BCUT2D eigenvalue weighted by Crippen LogP contribution is 2.28. The van der Waals surface area contributed by atoms with Gasteiger partial charge in [-0.15, -0.1) is 0 Å². The summed E-state index contributed by atoms with van der Waals surface area (Å²) in [6.07, 6.45) is 4.83. The lowest BCUT2D eigenvalue weighted by Gasteiger charge is -2.25. The molecule has 10 heteroatoms. The normalized spacial score (nSPS) is 14.2. The summed E-state index contributed by atoms with van der Waals surface area (Å²) in [6, 6.07) is 4.93. The number of benzene rings is 1. The molecule has 0 aliphatic carbocycles. The highest BCUT2D eigenvalue weighted by Gasteiger charge is 2.18. The summed E-state index contributed by atoms with van der Waals surface area (Å²) >= 11 is 7.33. The molecular formula is C19H20ClN5O3S. The third-order valence-electron chi connectivity index (χ3n) is 4.75. The smallest absolute Gasteiger partial charge is 0.273 e. The second-order valence-electron chi connectivity index (χ2n) is 6.77. The quantitative estimate of drug-likeness (QED) is 0.664. The Morgan fingerprint density at radius 1 is 1.31 bits per heavy atom. The Morgan fingerprint density at radius 3 is 2.86 bits per heavy atom. The second-order valence-corrected chi connectivity index (χ2v) is 8.18. The van der Waals surface area contributed by atoms with Crippen molar-refractivity contribution in [3.63, 3.8) is 0 Å². The van der Waals surface area contributed by atoms with Crippen molar-refractivity contribution in [1.29, 1.82) is 0 Å². The SMILES string of the molecule is COc1ccc(Cl)cc1NC(=O)Cn1cnc2nc(N3CCCCC3)sc2c1=O. The molecule has 1 N–H and O–H groups in total. The summed E-state index contributed by atoms with van der Waals surface area (Å²) in [7, 11) is 1.50. The van der Waals surface area contributed by atoms with Gasteiger partial charge in [0, 0.05) is 18.1 Å². The Hall–Kier alpha value is -2.65. The number of aromatic nitrogens is 3. The molecule has 0 bridgehead atoms. The average Bonchev–Trinajstić information content (AvgIpc) is 3.16. The molecule has 1 aliphatic rings. The molecule has 3 aromatic rings. The number of hydrogen-bond acceptors (Lipinski definition) is 7. The van der Waals surface area contributed by atoms with Gasteiger partial charge in [0.15, 0.2) is 10.8 Å². The van der Waals surface area contributed by atoms with Crippen LogP contribution in [0, 0.1) is 0 Å². The number of piperidine rings is 1. The maximum absolute atomic E-state index is 12.8. The van der Waals surface area contributed by atoms with E-state index in [1.165, 1.54) is 35.8 Å². The molecule has 0 unspecified atom stereocenters. The fourth-order valence-electron chi connectivity index (χ4n) is 3.29. The Balaban J connectivity index is 1.55. The molecule has 0 atom stereocenters. The van der Waals surface area contributed by atoms with Crippen molar-refractivity contribution >= 4 is 50.0 Å². The zero-order valence-electron chi connectivity index (χ0n) is 15.9. The third kappa shape index (κ3) is 4.20. The number of halogens is 1. The van der Waals surface area contributed by atoms with E-state index in [1.807, 2.05) is 0 Å². The fraction of sp³-hybridized carbons (Fsp3) is 0.368. The molecule has 8 nitrogen and oxygen atoms in total. The Labute approximate surface area is 176 Å². The number of hydrogen-bond donors (Lipinski definition) is 1. The van der Waals surface area contributed by atoms with Gasteiger partial charge in [0.1, 0.15) is 23.3 Å². The molecule has 0 saturated carbocycles. The third-order valence-corrected chi connectivity index (χ3v) is 6.08. The summed E-state index contributed by atoms with van der Waals surface area (Å²) in [5, 5.41) is 4.01. The van der Waals surface area contributed by atoms with E-state index >= 15 is 0 Å². The average molecular weight is 434 g/mol. The molecular weight excluding hydrogens is 414 g/mol. The molecule has 1 aromatic carbocycles. The lowest BCUT2D eigenvalue weighted by atomic mass is 10.1. The van der Waals surface area contributed by atoms with Crippen molar-refractivity contribution in [3.05, 3.63) is 39.9 Å². The molecule has 0 spiro atoms. The first kappa shape index (κ1) is 19.7. The summed E-state index contributed by atoms with van der Waals surface area (Å²) in [5.41, 5.74) is 0.593. The number of amides is 1. The summed E-state index contributed by atoms with van der Waals surface area (Å²) in [4.78, 5) is 36.3. The van der Waals surface area contributed by atoms with Crippen molar-refractivity contribution in [2.24, 2.45) is 0 Å². The highest BCUT2D eigenvalue weighted by atomic mass is 35.5. The zero-order chi connectivity index (χ0) is 20.4. The minimum Gasteiger partial charge on any atom is -0.495 e. The van der Waals surface area contributed by atoms with E-state index in [2.05, 4.69) is 20.2 Å². The molecule has 29 heavy (non-hydrogen) atoms. The first-order chi connectivity index (χ1) is 14.0. The highest BCUT2D eigenvalue weighted by molar-refractivity contribution is 7.22. The van der Waals surface area contributed by atoms with Gasteiger partial charge in [-0.3, -0.25) is 14.2 Å². The molecule has 1 saturated heterocycles. The van der Waals surface area contributed by atoms with Gasteiger partial charge in [-0.25, -0.2) is 4.98 Å². The number of nitrogens with zero attached hydrogens (tertiary/aromatic N) is 4. The molecule has 4 rings (SSSR count). The van der Waals surface area contributed by atoms with Crippen LogP contribution in [0.25, 0.3) is 10.3 Å². The van der Waals surface area contributed by atoms with Crippen LogP contribution < -0.4 is 20.5 Å². The topological polar surface area (TPSA) is 89.3 Å². The number of methoxy groups -OCH3 is 1. The number of nitrogens with one attached hydrogen (secondary N) is 1. The van der Waals surface area contributed by atoms with Crippen molar-refractivity contribution in [2.75, 3.05) is 30.4 Å². The first-order valence-corrected chi connectivity index (χ1v) is 10.5. The van der Waals surface area contributed by atoms with Crippen molar-refractivity contribution in [1.82, 2.24) is 14.5 Å². The molecule has 1 fully saturated rings. The predicted octanol–water partition coefficient (Wildman–Crippen LogP) is 3.14. The number of fused-ring (bicyclic) bond motifs is 1. The van der Waals surface area contributed by atoms with Gasteiger partial charge in [0.05, 0.1) is 12.8 Å². The van der Waals surface area contributed by atoms with Crippen LogP contribution in [0.2, 0.25) is 5.02 Å². The van der Waals surface area contributed by atoms with Crippen LogP contribution in [0.3, 0.4) is 0 Å². The number of ether oxygens (including phenoxy) is 1. The van der Waals surface area contributed by atoms with Gasteiger partial charge in [-0.05, 0) is 37.5 Å². The van der Waals surface area contributed by atoms with Crippen molar-refractivity contribution < 1.29 is 9.53 Å². The summed E-state index contributed by atoms with van der Waals surface area (Å²) in [5.74, 6) is 0.104. The van der Waals surface area contributed by atoms with Crippen LogP contribution in [0.1, 0.15) is 19.3 Å². The summed E-state index contributed by atoms with van der Waals surface area (Å²) < 4.78 is 6.97. The summed E-state index contributed by atoms with van der Waals surface area (Å²) in [6.45, 7) is 1.71. The number of carbonyl (C=O) groups excluding carboxylic acids is 1. The van der Waals surface area contributed by atoms with E-state index in [0.29, 0.717) is 26.8 Å². The largest absolute Gasteiger partial charge is 0.495 e. The Kier molecular flexibility index (Phi) is 5.68. The number of rotatable bonds is 5. The Bertz CT molecular complexity index is 1110. The first-order valence-electron chi connectivity index (χ1n) is 9.29. The van der Waals surface area contributed by atoms with Crippen LogP contribution in [-0.2, 0) is 11.3 Å². The van der Waals surface area contributed by atoms with Crippen molar-refractivity contribution in [3.8, 4) is 5.75 Å². The molecule has 2 aromatic heterocycles. The van der Waals surface area contributed by atoms with Crippen LogP contribution in [0.15, 0.2) is 29.3 Å². The van der Waals surface area contributed by atoms with Gasteiger partial charge >= 0.3 is 0 Å². The molecule has 1 amide bonds. The van der Waals surface area contributed by atoms with E-state index in [9.17, 15) is 9.59 Å². The lowest BCUT2D eigenvalue weighted by molar-refractivity contribution is -0.116. The molecule has 1 aliphatic heterocycles. The maximum atomic E-state index is 12.8. The van der Waals surface area contributed by atoms with Crippen LogP contribution in [-0.4, -0.2) is 40.6 Å². The molecule has 0 radical (unpaired) electrons. The van der Waals surface area contributed by atoms with Gasteiger partial charge in [-0.2, -0.15) is 4.98 Å². The predicted molar refractivity (Wildman–Crippen MR) is 114 cm³/mol. The van der Waals surface area contributed by atoms with Crippen LogP contribution >= 0.6 is 22.9 Å². The van der Waals surface area contributed by atoms with E-state index in [0.717, 1.165) is 31.1 Å². The minimum atomic E-state index is -0.380. The van der Waals surface area contributed by atoms with Crippen LogP contribution in [0.4, 0.5) is 10.8 Å². The van der Waals surface area contributed by atoms with E-state index < -0.39 is 0 Å². The maximum Gasteiger partial charge on any atom is 0.273 e. The number of carbonyl (C=O) groups is 1.